The van der Waals surface area contributed by atoms with Crippen molar-refractivity contribution in [2.45, 2.75) is 25.9 Å². The SMILES string of the molecule is CC(C)CC(C(=O)Nc1ccc(NC(=O)c2ccco2)cc1)P(=O)(O)O. The predicted molar refractivity (Wildman–Crippen MR) is 97.0 cm³/mol. The van der Waals surface area contributed by atoms with E-state index in [4.69, 9.17) is 4.42 Å². The molecule has 1 unspecified atom stereocenters. The number of benzene rings is 1. The Labute approximate surface area is 150 Å². The maximum atomic E-state index is 12.2. The molecule has 0 fully saturated rings. The van der Waals surface area contributed by atoms with Gasteiger partial charge in [0.15, 0.2) is 5.76 Å². The number of anilines is 2. The molecule has 2 rings (SSSR count). The summed E-state index contributed by atoms with van der Waals surface area (Å²) in [6, 6.07) is 9.31. The molecule has 0 spiro atoms. The molecule has 26 heavy (non-hydrogen) atoms. The minimum atomic E-state index is -4.56. The summed E-state index contributed by atoms with van der Waals surface area (Å²) in [5.41, 5.74) is -0.549. The van der Waals surface area contributed by atoms with E-state index in [-0.39, 0.29) is 18.1 Å². The normalized spacial score (nSPS) is 12.7. The number of carbonyl (C=O) groups excluding carboxylic acids is 2. The van der Waals surface area contributed by atoms with Gasteiger partial charge in [0, 0.05) is 11.4 Å². The summed E-state index contributed by atoms with van der Waals surface area (Å²) < 4.78 is 16.6. The van der Waals surface area contributed by atoms with E-state index in [2.05, 4.69) is 10.6 Å². The van der Waals surface area contributed by atoms with Crippen LogP contribution in [0.15, 0.2) is 47.1 Å². The molecule has 0 saturated carbocycles. The zero-order valence-corrected chi connectivity index (χ0v) is 15.3. The van der Waals surface area contributed by atoms with Crippen molar-refractivity contribution >= 4 is 30.8 Å². The Hall–Kier alpha value is -2.41. The van der Waals surface area contributed by atoms with E-state index < -0.39 is 25.1 Å². The number of carbonyl (C=O) groups is 2. The summed E-state index contributed by atoms with van der Waals surface area (Å²) in [6.45, 7) is 3.57. The molecular formula is C17H21N2O6P. The largest absolute Gasteiger partial charge is 0.459 e. The zero-order valence-electron chi connectivity index (χ0n) is 14.4. The fourth-order valence-corrected chi connectivity index (χ4v) is 3.37. The Balaban J connectivity index is 2.02. The van der Waals surface area contributed by atoms with Crippen LogP contribution < -0.4 is 10.6 Å². The third-order valence-corrected chi connectivity index (χ3v) is 4.82. The van der Waals surface area contributed by atoms with Crippen LogP contribution in [0.4, 0.5) is 11.4 Å². The predicted octanol–water partition coefficient (Wildman–Crippen LogP) is 3.06. The van der Waals surface area contributed by atoms with Crippen LogP contribution in [-0.2, 0) is 9.36 Å². The van der Waals surface area contributed by atoms with E-state index in [1.54, 1.807) is 32.0 Å². The van der Waals surface area contributed by atoms with E-state index in [0.717, 1.165) is 0 Å². The van der Waals surface area contributed by atoms with Gasteiger partial charge in [-0.05, 0) is 48.7 Å². The highest BCUT2D eigenvalue weighted by Crippen LogP contribution is 2.44. The molecule has 1 atom stereocenters. The monoisotopic (exact) mass is 380 g/mol. The lowest BCUT2D eigenvalue weighted by atomic mass is 10.1. The Bertz CT molecular complexity index is 795. The van der Waals surface area contributed by atoms with Crippen molar-refractivity contribution < 1.29 is 28.4 Å². The average Bonchev–Trinajstić information content (AvgIpc) is 3.07. The molecule has 4 N–H and O–H groups in total. The van der Waals surface area contributed by atoms with Gasteiger partial charge < -0.3 is 24.8 Å². The van der Waals surface area contributed by atoms with Gasteiger partial charge in [-0.25, -0.2) is 0 Å². The first-order valence-electron chi connectivity index (χ1n) is 7.98. The molecular weight excluding hydrogens is 359 g/mol. The second kappa shape index (κ2) is 8.31. The lowest BCUT2D eigenvalue weighted by Crippen LogP contribution is -2.29. The van der Waals surface area contributed by atoms with Gasteiger partial charge >= 0.3 is 7.60 Å². The van der Waals surface area contributed by atoms with Crippen LogP contribution in [-0.4, -0.2) is 27.3 Å². The highest BCUT2D eigenvalue weighted by atomic mass is 31.2. The number of amides is 2. The van der Waals surface area contributed by atoms with E-state index in [1.807, 2.05) is 0 Å². The third kappa shape index (κ3) is 5.56. The highest BCUT2D eigenvalue weighted by molar-refractivity contribution is 7.53. The van der Waals surface area contributed by atoms with Crippen molar-refractivity contribution in [3.05, 3.63) is 48.4 Å². The van der Waals surface area contributed by atoms with Crippen LogP contribution in [0.1, 0.15) is 30.8 Å². The third-order valence-electron chi connectivity index (χ3n) is 3.56. The van der Waals surface area contributed by atoms with Crippen LogP contribution in [0.25, 0.3) is 0 Å². The van der Waals surface area contributed by atoms with E-state index >= 15 is 0 Å². The van der Waals surface area contributed by atoms with Crippen molar-refractivity contribution in [3.63, 3.8) is 0 Å². The Kier molecular flexibility index (Phi) is 6.37. The molecule has 0 radical (unpaired) electrons. The second-order valence-electron chi connectivity index (χ2n) is 6.23. The van der Waals surface area contributed by atoms with Gasteiger partial charge in [-0.1, -0.05) is 13.8 Å². The Morgan fingerprint density at radius 1 is 1.08 bits per heavy atom. The van der Waals surface area contributed by atoms with Crippen LogP contribution >= 0.6 is 7.60 Å². The Morgan fingerprint density at radius 3 is 2.12 bits per heavy atom. The van der Waals surface area contributed by atoms with Gasteiger partial charge in [0.2, 0.25) is 5.91 Å². The summed E-state index contributed by atoms with van der Waals surface area (Å²) in [4.78, 5) is 42.9. The molecule has 8 nitrogen and oxygen atoms in total. The van der Waals surface area contributed by atoms with Gasteiger partial charge in [-0.3, -0.25) is 14.2 Å². The van der Waals surface area contributed by atoms with Gasteiger partial charge in [-0.15, -0.1) is 0 Å². The Morgan fingerprint density at radius 2 is 1.65 bits per heavy atom. The lowest BCUT2D eigenvalue weighted by molar-refractivity contribution is -0.116. The summed E-state index contributed by atoms with van der Waals surface area (Å²) in [5, 5.41) is 5.13. The van der Waals surface area contributed by atoms with Crippen molar-refractivity contribution in [1.82, 2.24) is 0 Å². The van der Waals surface area contributed by atoms with Gasteiger partial charge in [0.25, 0.3) is 5.91 Å². The van der Waals surface area contributed by atoms with Gasteiger partial charge in [0.05, 0.1) is 6.26 Å². The standard InChI is InChI=1S/C17H21N2O6P/c1-11(2)10-15(26(22,23)24)17(21)19-13-7-5-12(6-8-13)18-16(20)14-4-3-9-25-14/h3-9,11,15H,10H2,1-2H3,(H,18,20)(H,19,21)(H2,22,23,24). The summed E-state index contributed by atoms with van der Waals surface area (Å²) in [5.74, 6) is -1.03. The molecule has 140 valence electrons. The molecule has 9 heteroatoms. The van der Waals surface area contributed by atoms with Crippen LogP contribution in [0, 0.1) is 5.92 Å². The summed E-state index contributed by atoms with van der Waals surface area (Å²) in [6.07, 6.45) is 1.47. The maximum Gasteiger partial charge on any atom is 0.337 e. The number of furan rings is 1. The van der Waals surface area contributed by atoms with Crippen molar-refractivity contribution in [2.24, 2.45) is 5.92 Å². The van der Waals surface area contributed by atoms with Crippen LogP contribution in [0.3, 0.4) is 0 Å². The molecule has 1 aromatic heterocycles. The zero-order chi connectivity index (χ0) is 19.3. The average molecular weight is 380 g/mol. The smallest absolute Gasteiger partial charge is 0.337 e. The van der Waals surface area contributed by atoms with E-state index in [9.17, 15) is 23.9 Å². The first-order chi connectivity index (χ1) is 12.2. The molecule has 0 saturated heterocycles. The number of hydrogen-bond donors (Lipinski definition) is 4. The quantitative estimate of drug-likeness (QED) is 0.547. The van der Waals surface area contributed by atoms with Crippen molar-refractivity contribution in [3.8, 4) is 0 Å². The molecule has 0 aliphatic heterocycles. The number of nitrogens with one attached hydrogen (secondary N) is 2. The molecule has 1 aromatic carbocycles. The van der Waals surface area contributed by atoms with Crippen molar-refractivity contribution in [1.29, 1.82) is 0 Å². The van der Waals surface area contributed by atoms with E-state index in [0.29, 0.717) is 11.4 Å². The lowest BCUT2D eigenvalue weighted by Gasteiger charge is -2.19. The number of rotatable bonds is 7. The highest BCUT2D eigenvalue weighted by Gasteiger charge is 2.36. The minimum Gasteiger partial charge on any atom is -0.459 e. The molecule has 0 aliphatic rings. The summed E-state index contributed by atoms with van der Waals surface area (Å²) in [7, 11) is -4.56. The number of hydrogen-bond acceptors (Lipinski definition) is 4. The first kappa shape index (κ1) is 19.9. The fourth-order valence-electron chi connectivity index (χ4n) is 2.31. The summed E-state index contributed by atoms with van der Waals surface area (Å²) >= 11 is 0. The fraction of sp³-hybridized carbons (Fsp3) is 0.294. The minimum absolute atomic E-state index is 0.0439. The maximum absolute atomic E-state index is 12.2. The molecule has 0 aliphatic carbocycles. The molecule has 0 bridgehead atoms. The van der Waals surface area contributed by atoms with Crippen LogP contribution in [0.5, 0.6) is 0 Å². The van der Waals surface area contributed by atoms with Crippen molar-refractivity contribution in [2.75, 3.05) is 10.6 Å². The molecule has 2 amide bonds. The molecule has 2 aromatic rings. The van der Waals surface area contributed by atoms with E-state index in [1.165, 1.54) is 24.5 Å². The molecule has 1 heterocycles. The van der Waals surface area contributed by atoms with Crippen LogP contribution in [0.2, 0.25) is 0 Å². The second-order valence-corrected chi connectivity index (χ2v) is 8.03. The van der Waals surface area contributed by atoms with Gasteiger partial charge in [0.1, 0.15) is 5.66 Å². The first-order valence-corrected chi connectivity index (χ1v) is 9.66. The van der Waals surface area contributed by atoms with Gasteiger partial charge in [-0.2, -0.15) is 0 Å². The topological polar surface area (TPSA) is 129 Å².